The van der Waals surface area contributed by atoms with Gasteiger partial charge >= 0.3 is 6.18 Å². The smallest absolute Gasteiger partial charge is 0.220 e. The van der Waals surface area contributed by atoms with E-state index in [2.05, 4.69) is 16.4 Å². The summed E-state index contributed by atoms with van der Waals surface area (Å²) in [6, 6.07) is 5.96. The van der Waals surface area contributed by atoms with Gasteiger partial charge in [-0.05, 0) is 18.2 Å². The number of aromatic nitrogens is 3. The van der Waals surface area contributed by atoms with E-state index in [-0.39, 0.29) is 5.69 Å². The Kier molecular flexibility index (Phi) is 2.18. The van der Waals surface area contributed by atoms with Crippen molar-refractivity contribution in [1.29, 1.82) is 0 Å². The molecular weight excluding hydrogens is 207 g/mol. The van der Waals surface area contributed by atoms with Crippen molar-refractivity contribution >= 4 is 0 Å². The van der Waals surface area contributed by atoms with E-state index < -0.39 is 11.7 Å². The highest BCUT2D eigenvalue weighted by Crippen LogP contribution is 2.32. The summed E-state index contributed by atoms with van der Waals surface area (Å²) in [6.45, 7) is 0. The molecule has 15 heavy (non-hydrogen) atoms. The van der Waals surface area contributed by atoms with Crippen LogP contribution in [0.4, 0.5) is 13.2 Å². The lowest BCUT2D eigenvalue weighted by Crippen LogP contribution is -2.11. The van der Waals surface area contributed by atoms with Crippen molar-refractivity contribution in [3.8, 4) is 5.69 Å². The lowest BCUT2D eigenvalue weighted by Gasteiger charge is -2.11. The van der Waals surface area contributed by atoms with E-state index in [1.165, 1.54) is 24.5 Å². The molecule has 2 rings (SSSR count). The van der Waals surface area contributed by atoms with Gasteiger partial charge in [-0.2, -0.15) is 13.2 Å². The molecule has 0 aliphatic rings. The van der Waals surface area contributed by atoms with Gasteiger partial charge in [0.25, 0.3) is 0 Å². The number of alkyl halides is 3. The molecule has 0 atom stereocenters. The Hall–Kier alpha value is -1.85. The Morgan fingerprint density at radius 3 is 2.73 bits per heavy atom. The summed E-state index contributed by atoms with van der Waals surface area (Å²) < 4.78 is 38.7. The van der Waals surface area contributed by atoms with Crippen LogP contribution in [-0.2, 0) is 6.18 Å². The molecule has 0 unspecified atom stereocenters. The maximum Gasteiger partial charge on any atom is 0.418 e. The molecule has 1 aromatic carbocycles. The Labute approximate surface area is 83.1 Å². The summed E-state index contributed by atoms with van der Waals surface area (Å²) in [4.78, 5) is 0. The van der Waals surface area contributed by atoms with Gasteiger partial charge in [0.05, 0.1) is 23.6 Å². The third-order valence-electron chi connectivity index (χ3n) is 1.82. The fourth-order valence-electron chi connectivity index (χ4n) is 1.19. The molecule has 6 heteroatoms. The highest BCUT2D eigenvalue weighted by atomic mass is 19.4. The largest absolute Gasteiger partial charge is 0.418 e. The Morgan fingerprint density at radius 1 is 1.33 bits per heavy atom. The standard InChI is InChI=1S/C9H5F3N3/c10-9(11,12)7-3-1-2-4-8(7)15-6-5-13-14-15/h2-6H. The van der Waals surface area contributed by atoms with Gasteiger partial charge in [0.15, 0.2) is 0 Å². The summed E-state index contributed by atoms with van der Waals surface area (Å²) in [5.41, 5.74) is -0.839. The van der Waals surface area contributed by atoms with Gasteiger partial charge in [0.2, 0.25) is 0 Å². The first-order valence-electron chi connectivity index (χ1n) is 4.03. The minimum Gasteiger partial charge on any atom is -0.220 e. The van der Waals surface area contributed by atoms with E-state index in [0.717, 1.165) is 10.7 Å². The van der Waals surface area contributed by atoms with Crippen molar-refractivity contribution in [3.05, 3.63) is 42.2 Å². The van der Waals surface area contributed by atoms with E-state index in [1.807, 2.05) is 0 Å². The fraction of sp³-hybridized carbons (Fsp3) is 0.111. The molecule has 2 aromatic rings. The predicted molar refractivity (Wildman–Crippen MR) is 45.2 cm³/mol. The SMILES string of the molecule is FC(F)(F)c1c[c]ccc1-n1ccnn1. The second-order valence-electron chi connectivity index (χ2n) is 2.79. The molecule has 1 aromatic heterocycles. The molecule has 77 valence electrons. The minimum absolute atomic E-state index is 0.0567. The molecule has 0 bridgehead atoms. The van der Waals surface area contributed by atoms with Gasteiger partial charge in [-0.1, -0.05) is 11.3 Å². The normalized spacial score (nSPS) is 11.7. The molecule has 0 saturated carbocycles. The van der Waals surface area contributed by atoms with Crippen LogP contribution in [0.1, 0.15) is 5.56 Å². The van der Waals surface area contributed by atoms with Crippen LogP contribution >= 0.6 is 0 Å². The molecule has 0 aliphatic carbocycles. The first-order valence-corrected chi connectivity index (χ1v) is 4.03. The molecule has 1 heterocycles. The Bertz CT molecular complexity index is 448. The average molecular weight is 212 g/mol. The van der Waals surface area contributed by atoms with Crippen molar-refractivity contribution < 1.29 is 13.2 Å². The number of hydrogen-bond donors (Lipinski definition) is 0. The van der Waals surface area contributed by atoms with Crippen molar-refractivity contribution in [2.45, 2.75) is 6.18 Å². The highest BCUT2D eigenvalue weighted by molar-refractivity contribution is 5.41. The van der Waals surface area contributed by atoms with Gasteiger partial charge in [-0.15, -0.1) is 5.10 Å². The summed E-state index contributed by atoms with van der Waals surface area (Å²) in [6.07, 6.45) is -1.75. The van der Waals surface area contributed by atoms with Crippen LogP contribution < -0.4 is 0 Å². The number of benzene rings is 1. The van der Waals surface area contributed by atoms with E-state index >= 15 is 0 Å². The second-order valence-corrected chi connectivity index (χ2v) is 2.79. The topological polar surface area (TPSA) is 30.7 Å². The summed E-state index contributed by atoms with van der Waals surface area (Å²) >= 11 is 0. The molecule has 0 fully saturated rings. The van der Waals surface area contributed by atoms with Gasteiger partial charge in [-0.3, -0.25) is 0 Å². The van der Waals surface area contributed by atoms with Gasteiger partial charge in [0.1, 0.15) is 0 Å². The zero-order valence-corrected chi connectivity index (χ0v) is 7.36. The molecule has 0 spiro atoms. The monoisotopic (exact) mass is 212 g/mol. The second kappa shape index (κ2) is 3.38. The lowest BCUT2D eigenvalue weighted by atomic mass is 10.2. The van der Waals surface area contributed by atoms with Crippen LogP contribution in [0.3, 0.4) is 0 Å². The molecule has 3 nitrogen and oxygen atoms in total. The molecular formula is C9H5F3N3. The molecule has 0 aliphatic heterocycles. The maximum absolute atomic E-state index is 12.6. The molecule has 0 saturated heterocycles. The first-order chi connectivity index (χ1) is 7.09. The van der Waals surface area contributed by atoms with Crippen LogP contribution in [0, 0.1) is 6.07 Å². The van der Waals surface area contributed by atoms with Crippen LogP contribution in [0.15, 0.2) is 30.6 Å². The quantitative estimate of drug-likeness (QED) is 0.724. The van der Waals surface area contributed by atoms with E-state index in [9.17, 15) is 13.2 Å². The first kappa shape index (κ1) is 9.70. The Balaban J connectivity index is 2.58. The lowest BCUT2D eigenvalue weighted by molar-refractivity contribution is -0.137. The molecule has 0 N–H and O–H groups in total. The average Bonchev–Trinajstić information content (AvgIpc) is 2.69. The van der Waals surface area contributed by atoms with E-state index in [1.54, 1.807) is 0 Å². The van der Waals surface area contributed by atoms with Crippen molar-refractivity contribution in [2.24, 2.45) is 0 Å². The Morgan fingerprint density at radius 2 is 2.13 bits per heavy atom. The summed E-state index contributed by atoms with van der Waals surface area (Å²) in [5.74, 6) is 0. The summed E-state index contributed by atoms with van der Waals surface area (Å²) in [5, 5.41) is 6.97. The third-order valence-corrected chi connectivity index (χ3v) is 1.82. The van der Waals surface area contributed by atoms with Crippen LogP contribution in [0.25, 0.3) is 5.69 Å². The maximum atomic E-state index is 12.6. The van der Waals surface area contributed by atoms with Gasteiger partial charge < -0.3 is 0 Å². The number of halogens is 3. The van der Waals surface area contributed by atoms with Gasteiger partial charge in [0, 0.05) is 0 Å². The van der Waals surface area contributed by atoms with Crippen LogP contribution in [-0.4, -0.2) is 15.0 Å². The van der Waals surface area contributed by atoms with Crippen LogP contribution in [0.5, 0.6) is 0 Å². The van der Waals surface area contributed by atoms with Crippen LogP contribution in [0.2, 0.25) is 0 Å². The van der Waals surface area contributed by atoms with Crippen molar-refractivity contribution in [3.63, 3.8) is 0 Å². The number of hydrogen-bond acceptors (Lipinski definition) is 2. The zero-order chi connectivity index (χ0) is 10.9. The number of nitrogens with zero attached hydrogens (tertiary/aromatic N) is 3. The zero-order valence-electron chi connectivity index (χ0n) is 7.36. The third kappa shape index (κ3) is 1.83. The fourth-order valence-corrected chi connectivity index (χ4v) is 1.19. The highest BCUT2D eigenvalue weighted by Gasteiger charge is 2.33. The van der Waals surface area contributed by atoms with Crippen molar-refractivity contribution in [1.82, 2.24) is 15.0 Å². The van der Waals surface area contributed by atoms with Crippen molar-refractivity contribution in [2.75, 3.05) is 0 Å². The number of rotatable bonds is 1. The molecule has 0 amide bonds. The summed E-state index contributed by atoms with van der Waals surface area (Å²) in [7, 11) is 0. The van der Waals surface area contributed by atoms with Gasteiger partial charge in [-0.25, -0.2) is 4.68 Å². The van der Waals surface area contributed by atoms with E-state index in [0.29, 0.717) is 0 Å². The predicted octanol–water partition coefficient (Wildman–Crippen LogP) is 2.09. The minimum atomic E-state index is -4.42. The molecule has 1 radical (unpaired) electrons. The van der Waals surface area contributed by atoms with E-state index in [4.69, 9.17) is 0 Å².